The van der Waals surface area contributed by atoms with Crippen molar-refractivity contribution in [2.45, 2.75) is 86.2 Å². The second-order valence-corrected chi connectivity index (χ2v) is 8.13. The SMILES string of the molecule is CC(C)CC(CC(C)C)OP(=O)(O)O.CCCCNCCCC. The average molecular weight is 353 g/mol. The van der Waals surface area contributed by atoms with Crippen molar-refractivity contribution in [3.8, 4) is 0 Å². The summed E-state index contributed by atoms with van der Waals surface area (Å²) in [6.07, 6.45) is 6.29. The molecule has 0 rings (SSSR count). The van der Waals surface area contributed by atoms with Crippen LogP contribution in [0.1, 0.15) is 80.1 Å². The molecule has 0 aliphatic rings. The van der Waals surface area contributed by atoms with Gasteiger partial charge < -0.3 is 15.1 Å². The van der Waals surface area contributed by atoms with E-state index in [1.165, 1.54) is 38.8 Å². The Morgan fingerprint density at radius 1 is 0.913 bits per heavy atom. The summed E-state index contributed by atoms with van der Waals surface area (Å²) in [6.45, 7) is 14.9. The summed E-state index contributed by atoms with van der Waals surface area (Å²) in [5.74, 6) is 0.760. The number of hydrogen-bond donors (Lipinski definition) is 3. The van der Waals surface area contributed by atoms with Crippen molar-refractivity contribution >= 4 is 7.82 Å². The molecule has 0 aromatic rings. The lowest BCUT2D eigenvalue weighted by molar-refractivity contribution is 0.101. The first-order chi connectivity index (χ1) is 10.6. The number of nitrogens with one attached hydrogen (secondary N) is 1. The van der Waals surface area contributed by atoms with Crippen LogP contribution >= 0.6 is 7.82 Å². The van der Waals surface area contributed by atoms with Gasteiger partial charge in [0.2, 0.25) is 0 Å². The molecule has 0 spiro atoms. The highest BCUT2D eigenvalue weighted by atomic mass is 31.2. The smallest absolute Gasteiger partial charge is 0.317 e. The Morgan fingerprint density at radius 3 is 1.57 bits per heavy atom. The van der Waals surface area contributed by atoms with Gasteiger partial charge in [0.15, 0.2) is 0 Å². The van der Waals surface area contributed by atoms with Crippen molar-refractivity contribution in [3.05, 3.63) is 0 Å². The average Bonchev–Trinajstić information content (AvgIpc) is 2.35. The zero-order chi connectivity index (χ0) is 18.3. The number of unbranched alkanes of at least 4 members (excludes halogenated alkanes) is 2. The molecule has 0 heterocycles. The quantitative estimate of drug-likeness (QED) is 0.349. The van der Waals surface area contributed by atoms with E-state index in [4.69, 9.17) is 14.3 Å². The number of rotatable bonds is 12. The highest BCUT2D eigenvalue weighted by molar-refractivity contribution is 7.46. The molecular weight excluding hydrogens is 313 g/mol. The predicted octanol–water partition coefficient (Wildman–Crippen LogP) is 4.73. The van der Waals surface area contributed by atoms with Crippen LogP contribution in [0.25, 0.3) is 0 Å². The largest absolute Gasteiger partial charge is 0.469 e. The molecule has 142 valence electrons. The van der Waals surface area contributed by atoms with Crippen LogP contribution in [0.4, 0.5) is 0 Å². The van der Waals surface area contributed by atoms with E-state index in [-0.39, 0.29) is 6.10 Å². The lowest BCUT2D eigenvalue weighted by Gasteiger charge is -2.21. The summed E-state index contributed by atoms with van der Waals surface area (Å²) in [7, 11) is -4.33. The van der Waals surface area contributed by atoms with Gasteiger partial charge in [-0.05, 0) is 50.6 Å². The van der Waals surface area contributed by atoms with E-state index < -0.39 is 7.82 Å². The van der Waals surface area contributed by atoms with Crippen molar-refractivity contribution in [1.29, 1.82) is 0 Å². The fraction of sp³-hybridized carbons (Fsp3) is 1.00. The van der Waals surface area contributed by atoms with Crippen LogP contribution in [-0.4, -0.2) is 29.0 Å². The van der Waals surface area contributed by atoms with Crippen LogP contribution in [0.15, 0.2) is 0 Å². The van der Waals surface area contributed by atoms with Gasteiger partial charge in [0, 0.05) is 0 Å². The third kappa shape index (κ3) is 24.4. The molecule has 5 nitrogen and oxygen atoms in total. The fourth-order valence-corrected chi connectivity index (χ4v) is 2.72. The predicted molar refractivity (Wildman–Crippen MR) is 98.5 cm³/mol. The summed E-state index contributed by atoms with van der Waals surface area (Å²) >= 11 is 0. The topological polar surface area (TPSA) is 78.8 Å². The Bertz CT molecular complexity index is 276. The molecule has 0 saturated carbocycles. The van der Waals surface area contributed by atoms with Crippen molar-refractivity contribution in [2.24, 2.45) is 11.8 Å². The van der Waals surface area contributed by atoms with Gasteiger partial charge in [-0.1, -0.05) is 54.4 Å². The summed E-state index contributed by atoms with van der Waals surface area (Å²) in [5.41, 5.74) is 0. The van der Waals surface area contributed by atoms with Crippen molar-refractivity contribution in [2.75, 3.05) is 13.1 Å². The molecular formula is C17H40NO4P. The number of phosphoric acid groups is 1. The highest BCUT2D eigenvalue weighted by Crippen LogP contribution is 2.40. The first-order valence-corrected chi connectivity index (χ1v) is 10.6. The van der Waals surface area contributed by atoms with Crippen molar-refractivity contribution < 1.29 is 18.9 Å². The van der Waals surface area contributed by atoms with Gasteiger partial charge in [-0.3, -0.25) is 4.52 Å². The van der Waals surface area contributed by atoms with Crippen LogP contribution in [-0.2, 0) is 9.09 Å². The lowest BCUT2D eigenvalue weighted by atomic mass is 9.98. The molecule has 0 unspecified atom stereocenters. The maximum atomic E-state index is 10.7. The molecule has 0 aliphatic heterocycles. The maximum Gasteiger partial charge on any atom is 0.469 e. The van der Waals surface area contributed by atoms with E-state index in [0.29, 0.717) is 24.7 Å². The van der Waals surface area contributed by atoms with Crippen LogP contribution in [0, 0.1) is 11.8 Å². The fourth-order valence-electron chi connectivity index (χ4n) is 2.16. The van der Waals surface area contributed by atoms with Gasteiger partial charge in [-0.25, -0.2) is 4.57 Å². The second-order valence-electron chi connectivity index (χ2n) is 6.93. The van der Waals surface area contributed by atoms with Crippen molar-refractivity contribution in [1.82, 2.24) is 5.32 Å². The van der Waals surface area contributed by atoms with Gasteiger partial charge in [-0.2, -0.15) is 0 Å². The summed E-state index contributed by atoms with van der Waals surface area (Å²) in [5, 5.41) is 3.39. The Morgan fingerprint density at radius 2 is 1.30 bits per heavy atom. The molecule has 6 heteroatoms. The summed E-state index contributed by atoms with van der Waals surface area (Å²) < 4.78 is 15.4. The van der Waals surface area contributed by atoms with Gasteiger partial charge in [0.1, 0.15) is 0 Å². The monoisotopic (exact) mass is 353 g/mol. The van der Waals surface area contributed by atoms with Crippen LogP contribution < -0.4 is 5.32 Å². The Hall–Kier alpha value is 0.0700. The molecule has 0 bridgehead atoms. The first-order valence-electron chi connectivity index (χ1n) is 9.06. The lowest BCUT2D eigenvalue weighted by Crippen LogP contribution is -2.16. The van der Waals surface area contributed by atoms with Gasteiger partial charge in [-0.15, -0.1) is 0 Å². The molecule has 0 aromatic carbocycles. The van der Waals surface area contributed by atoms with Crippen LogP contribution in [0.2, 0.25) is 0 Å². The van der Waals surface area contributed by atoms with Gasteiger partial charge in [0.05, 0.1) is 6.10 Å². The van der Waals surface area contributed by atoms with E-state index in [0.717, 1.165) is 0 Å². The second kappa shape index (κ2) is 15.6. The first kappa shape index (κ1) is 25.3. The third-order valence-corrected chi connectivity index (χ3v) is 3.74. The Balaban J connectivity index is 0. The van der Waals surface area contributed by atoms with Gasteiger partial charge >= 0.3 is 7.82 Å². The number of phosphoric ester groups is 1. The molecule has 23 heavy (non-hydrogen) atoms. The Labute approximate surface area is 143 Å². The normalized spacial score (nSPS) is 12.0. The molecule has 0 atom stereocenters. The van der Waals surface area contributed by atoms with Gasteiger partial charge in [0.25, 0.3) is 0 Å². The minimum atomic E-state index is -4.33. The summed E-state index contributed by atoms with van der Waals surface area (Å²) in [4.78, 5) is 17.4. The third-order valence-electron chi connectivity index (χ3n) is 3.17. The molecule has 0 saturated heterocycles. The highest BCUT2D eigenvalue weighted by Gasteiger charge is 2.23. The summed E-state index contributed by atoms with van der Waals surface area (Å²) in [6, 6.07) is 0. The van der Waals surface area contributed by atoms with E-state index >= 15 is 0 Å². The zero-order valence-corrected chi connectivity index (χ0v) is 16.9. The van der Waals surface area contributed by atoms with E-state index in [2.05, 4.69) is 19.2 Å². The zero-order valence-electron chi connectivity index (χ0n) is 16.0. The molecule has 3 N–H and O–H groups in total. The molecule has 0 aliphatic carbocycles. The van der Waals surface area contributed by atoms with E-state index in [1.54, 1.807) is 0 Å². The standard InChI is InChI=1S/C9H21O4P.C8H19N/c1-7(2)5-9(6-8(3)4)13-14(10,11)12;1-3-5-7-9-8-6-4-2/h7-9H,5-6H2,1-4H3,(H2,10,11,12);9H,3-8H2,1-2H3. The minimum Gasteiger partial charge on any atom is -0.317 e. The maximum absolute atomic E-state index is 10.7. The molecule has 0 amide bonds. The van der Waals surface area contributed by atoms with E-state index in [1.807, 2.05) is 27.7 Å². The number of hydrogen-bond acceptors (Lipinski definition) is 3. The Kier molecular flexibility index (Phi) is 17.2. The van der Waals surface area contributed by atoms with E-state index in [9.17, 15) is 4.57 Å². The molecule has 0 fully saturated rings. The minimum absolute atomic E-state index is 0.337. The molecule has 0 aromatic heterocycles. The molecule has 0 radical (unpaired) electrons. The van der Waals surface area contributed by atoms with Crippen molar-refractivity contribution in [3.63, 3.8) is 0 Å². The van der Waals surface area contributed by atoms with Crippen LogP contribution in [0.3, 0.4) is 0 Å². The van der Waals surface area contributed by atoms with Crippen LogP contribution in [0.5, 0.6) is 0 Å².